The molecule has 1 atom stereocenters. The number of hydrogen-bond acceptors (Lipinski definition) is 2. The minimum Gasteiger partial charge on any atom is -0.229 e. The first-order valence-electron chi connectivity index (χ1n) is 5.83. The Bertz CT molecular complexity index is 473. The molecule has 3 nitrogen and oxygen atoms in total. The van der Waals surface area contributed by atoms with Gasteiger partial charge in [0.05, 0.1) is 0 Å². The lowest BCUT2D eigenvalue weighted by Crippen LogP contribution is -2.11. The van der Waals surface area contributed by atoms with Crippen LogP contribution in [-0.2, 0) is 11.0 Å². The summed E-state index contributed by atoms with van der Waals surface area (Å²) in [7, 11) is -2.64. The Balaban J connectivity index is 3.30. The van der Waals surface area contributed by atoms with Crippen LogP contribution in [0, 0.1) is 12.3 Å². The van der Waals surface area contributed by atoms with Crippen LogP contribution in [0.1, 0.15) is 37.5 Å². The zero-order chi connectivity index (χ0) is 13.9. The molecule has 98 valence electrons. The van der Waals surface area contributed by atoms with Gasteiger partial charge in [0.1, 0.15) is 0 Å². The quantitative estimate of drug-likeness (QED) is 0.829. The highest BCUT2D eigenvalue weighted by Crippen LogP contribution is 2.35. The van der Waals surface area contributed by atoms with Gasteiger partial charge in [-0.05, 0) is 36.0 Å². The topological polar surface area (TPSA) is 46.5 Å². The monoisotopic (exact) mass is 267 g/mol. The van der Waals surface area contributed by atoms with Gasteiger partial charge in [0.25, 0.3) is 0 Å². The molecule has 0 bridgehead atoms. The Kier molecular flexibility index (Phi) is 4.66. The van der Waals surface area contributed by atoms with Gasteiger partial charge in [-0.25, -0.2) is 4.52 Å². The van der Waals surface area contributed by atoms with Crippen molar-refractivity contribution in [2.75, 3.05) is 0 Å². The van der Waals surface area contributed by atoms with Gasteiger partial charge in [-0.15, -0.1) is 4.89 Å². The molecule has 1 rings (SSSR count). The van der Waals surface area contributed by atoms with Crippen molar-refractivity contribution in [1.29, 1.82) is 0 Å². The van der Waals surface area contributed by atoms with Gasteiger partial charge in [-0.3, -0.25) is 0 Å². The summed E-state index contributed by atoms with van der Waals surface area (Å²) >= 11 is 0. The van der Waals surface area contributed by atoms with Crippen molar-refractivity contribution < 1.29 is 14.0 Å². The molecule has 1 unspecified atom stereocenters. The fraction of sp³-hybridized carbons (Fsp3) is 0.429. The third kappa shape index (κ3) is 3.94. The van der Waals surface area contributed by atoms with E-state index >= 15 is 0 Å². The van der Waals surface area contributed by atoms with Crippen LogP contribution < -0.4 is 4.52 Å². The minimum absolute atomic E-state index is 0.0732. The lowest BCUT2D eigenvalue weighted by Gasteiger charge is -2.21. The number of benzene rings is 1. The van der Waals surface area contributed by atoms with E-state index in [1.165, 1.54) is 0 Å². The van der Waals surface area contributed by atoms with Gasteiger partial charge < -0.3 is 0 Å². The summed E-state index contributed by atoms with van der Waals surface area (Å²) in [5.41, 5.74) is 3.12. The molecule has 0 aliphatic heterocycles. The molecule has 1 aromatic rings. The van der Waals surface area contributed by atoms with Crippen LogP contribution in [0.2, 0.25) is 0 Å². The van der Waals surface area contributed by atoms with Crippen molar-refractivity contribution in [2.45, 2.75) is 34.1 Å². The Morgan fingerprint density at radius 2 is 2.06 bits per heavy atom. The first kappa shape index (κ1) is 14.9. The smallest absolute Gasteiger partial charge is 0.229 e. The molecule has 0 aliphatic carbocycles. The maximum absolute atomic E-state index is 10.9. The summed E-state index contributed by atoms with van der Waals surface area (Å²) in [4.78, 5) is 8.91. The van der Waals surface area contributed by atoms with Gasteiger partial charge in [-0.1, -0.05) is 39.5 Å². The fourth-order valence-electron chi connectivity index (χ4n) is 1.89. The first-order chi connectivity index (χ1) is 8.24. The second kappa shape index (κ2) is 5.64. The van der Waals surface area contributed by atoms with Gasteiger partial charge in [0.2, 0.25) is 0 Å². The highest BCUT2D eigenvalue weighted by Gasteiger charge is 2.23. The summed E-state index contributed by atoms with van der Waals surface area (Å²) in [6.45, 7) is 12.1. The molecule has 1 aromatic carbocycles. The molecular formula is C14H20O3P+. The van der Waals surface area contributed by atoms with Crippen molar-refractivity contribution in [1.82, 2.24) is 0 Å². The highest BCUT2D eigenvalue weighted by molar-refractivity contribution is 7.32. The summed E-state index contributed by atoms with van der Waals surface area (Å²) < 4.78 is 15.9. The van der Waals surface area contributed by atoms with Crippen molar-refractivity contribution in [3.8, 4) is 5.75 Å². The van der Waals surface area contributed by atoms with E-state index < -0.39 is 8.25 Å². The Hall–Kier alpha value is -1.18. The largest absolute Gasteiger partial charge is 0.747 e. The molecule has 0 aliphatic rings. The van der Waals surface area contributed by atoms with Crippen LogP contribution in [0.3, 0.4) is 0 Å². The van der Waals surface area contributed by atoms with E-state index in [0.717, 1.165) is 23.1 Å². The second-order valence-corrected chi connectivity index (χ2v) is 6.19. The normalized spacial score (nSPS) is 12.2. The average Bonchev–Trinajstić information content (AvgIpc) is 2.21. The minimum atomic E-state index is -2.64. The van der Waals surface area contributed by atoms with Crippen molar-refractivity contribution in [2.24, 2.45) is 5.41 Å². The van der Waals surface area contributed by atoms with E-state index in [0.29, 0.717) is 5.75 Å². The van der Waals surface area contributed by atoms with E-state index in [-0.39, 0.29) is 5.41 Å². The maximum Gasteiger partial charge on any atom is 0.747 e. The van der Waals surface area contributed by atoms with Crippen LogP contribution in [0.25, 0.3) is 6.08 Å². The van der Waals surface area contributed by atoms with Crippen molar-refractivity contribution >= 4 is 14.3 Å². The molecule has 0 spiro atoms. The predicted molar refractivity (Wildman–Crippen MR) is 74.9 cm³/mol. The first-order valence-corrected chi connectivity index (χ1v) is 6.96. The van der Waals surface area contributed by atoms with Crippen LogP contribution in [0.15, 0.2) is 18.7 Å². The average molecular weight is 267 g/mol. The molecule has 0 saturated carbocycles. The van der Waals surface area contributed by atoms with Crippen molar-refractivity contribution in [3.05, 3.63) is 35.4 Å². The molecule has 0 saturated heterocycles. The van der Waals surface area contributed by atoms with E-state index in [4.69, 9.17) is 9.42 Å². The van der Waals surface area contributed by atoms with Crippen molar-refractivity contribution in [3.63, 3.8) is 0 Å². The van der Waals surface area contributed by atoms with Crippen LogP contribution >= 0.6 is 8.25 Å². The molecule has 0 fully saturated rings. The fourth-order valence-corrected chi connectivity index (χ4v) is 2.23. The summed E-state index contributed by atoms with van der Waals surface area (Å²) in [5, 5.41) is 0. The van der Waals surface area contributed by atoms with Gasteiger partial charge in [-0.2, -0.15) is 0 Å². The second-order valence-electron chi connectivity index (χ2n) is 5.53. The zero-order valence-corrected chi connectivity index (χ0v) is 12.3. The molecular weight excluding hydrogens is 247 g/mol. The summed E-state index contributed by atoms with van der Waals surface area (Å²) in [5.74, 6) is 0.483. The van der Waals surface area contributed by atoms with E-state index in [2.05, 4.69) is 27.4 Å². The lowest BCUT2D eigenvalue weighted by atomic mass is 9.85. The summed E-state index contributed by atoms with van der Waals surface area (Å²) in [6, 6.07) is 3.58. The Morgan fingerprint density at radius 3 is 2.50 bits per heavy atom. The zero-order valence-electron chi connectivity index (χ0n) is 11.4. The molecule has 4 heteroatoms. The highest BCUT2D eigenvalue weighted by atomic mass is 31.1. The predicted octanol–water partition coefficient (Wildman–Crippen LogP) is 4.26. The van der Waals surface area contributed by atoms with E-state index in [1.54, 1.807) is 12.1 Å². The van der Waals surface area contributed by atoms with Crippen LogP contribution in [0.4, 0.5) is 0 Å². The van der Waals surface area contributed by atoms with Crippen LogP contribution in [-0.4, -0.2) is 4.89 Å². The maximum atomic E-state index is 10.9. The molecule has 0 radical (unpaired) electrons. The molecule has 0 aromatic heterocycles. The third-order valence-electron chi connectivity index (χ3n) is 2.70. The number of rotatable bonds is 4. The molecule has 1 N–H and O–H groups in total. The Morgan fingerprint density at radius 1 is 1.44 bits per heavy atom. The number of hydrogen-bond donors (Lipinski definition) is 1. The molecule has 0 heterocycles. The van der Waals surface area contributed by atoms with Gasteiger partial charge in [0, 0.05) is 10.1 Å². The molecule has 0 amide bonds. The molecule has 18 heavy (non-hydrogen) atoms. The van der Waals surface area contributed by atoms with E-state index in [9.17, 15) is 4.57 Å². The van der Waals surface area contributed by atoms with Crippen LogP contribution in [0.5, 0.6) is 5.75 Å². The standard InChI is InChI=1S/C14H19O3P/c1-6-11-7-8-13(17-18(15)16)12(10(11)2)9-14(3,4)5/h6-8H,1,9H2,2-5H3/p+1. The SMILES string of the molecule is C=Cc1ccc(O[P+](=O)O)c(CC(C)(C)C)c1C. The summed E-state index contributed by atoms with van der Waals surface area (Å²) in [6.07, 6.45) is 2.56. The van der Waals surface area contributed by atoms with Gasteiger partial charge in [0.15, 0.2) is 5.75 Å². The third-order valence-corrected chi connectivity index (χ3v) is 3.05. The lowest BCUT2D eigenvalue weighted by molar-refractivity contribution is 0.388. The van der Waals surface area contributed by atoms with Gasteiger partial charge >= 0.3 is 8.25 Å². The van der Waals surface area contributed by atoms with E-state index in [1.807, 2.05) is 13.0 Å². The Labute approximate surface area is 109 Å².